The molecular weight excluding hydrogens is 472 g/mol. The highest BCUT2D eigenvalue weighted by atomic mass is 79.9. The van der Waals surface area contributed by atoms with Gasteiger partial charge in [-0.15, -0.1) is 0 Å². The van der Waals surface area contributed by atoms with Crippen LogP contribution in [0.2, 0.25) is 18.1 Å². The number of nitrogens with zero attached hydrogens (tertiary/aromatic N) is 1. The molecule has 1 heterocycles. The maximum absolute atomic E-state index is 14.5. The predicted octanol–water partition coefficient (Wildman–Crippen LogP) is 6.75. The quantitative estimate of drug-likeness (QED) is 0.304. The van der Waals surface area contributed by atoms with Crippen LogP contribution >= 0.6 is 15.9 Å². The fourth-order valence-electron chi connectivity index (χ4n) is 2.60. The van der Waals surface area contributed by atoms with Gasteiger partial charge in [-0.1, -0.05) is 20.8 Å². The number of rotatable bonds is 9. The highest BCUT2D eigenvalue weighted by Crippen LogP contribution is 2.37. The molecule has 4 nitrogen and oxygen atoms in total. The van der Waals surface area contributed by atoms with Crippen LogP contribution in [0.1, 0.15) is 44.7 Å². The zero-order valence-corrected chi connectivity index (χ0v) is 20.8. The van der Waals surface area contributed by atoms with Crippen LogP contribution in [0.3, 0.4) is 0 Å². The lowest BCUT2D eigenvalue weighted by molar-refractivity contribution is 0.279. The smallest absolute Gasteiger partial charge is 0.233 e. The van der Waals surface area contributed by atoms with Gasteiger partial charge < -0.3 is 14.3 Å². The summed E-state index contributed by atoms with van der Waals surface area (Å²) in [7, 11) is -1.80. The van der Waals surface area contributed by atoms with Gasteiger partial charge in [0.15, 0.2) is 19.9 Å². The third kappa shape index (κ3) is 6.57. The first-order valence-corrected chi connectivity index (χ1v) is 13.7. The number of unbranched alkanes of at least 4 members (excludes halogenated alkanes) is 1. The minimum Gasteiger partial charge on any atom is -0.434 e. The topological polar surface area (TPSA) is 51.6 Å². The number of hydrogen-bond acceptors (Lipinski definition) is 4. The van der Waals surface area contributed by atoms with Crippen molar-refractivity contribution in [2.75, 3.05) is 6.61 Å². The number of benzene rings is 1. The minimum absolute atomic E-state index is 0.0355. The van der Waals surface area contributed by atoms with E-state index in [9.17, 15) is 13.9 Å². The van der Waals surface area contributed by atoms with Gasteiger partial charge in [0.1, 0.15) is 5.82 Å². The largest absolute Gasteiger partial charge is 0.434 e. The molecule has 8 heteroatoms. The zero-order valence-electron chi connectivity index (χ0n) is 18.2. The lowest BCUT2D eigenvalue weighted by atomic mass is 10.1. The number of aliphatic hydroxyl groups excluding tert-OH is 1. The van der Waals surface area contributed by atoms with Gasteiger partial charge in [-0.2, -0.15) is 0 Å². The SMILES string of the molecule is CC(C)(C)[Si](C)(C)OCCCCc1cc(F)cc(F)c1Oc1ncc(CO)cc1Br. The molecular formula is C22H30BrF2NO3Si. The predicted molar refractivity (Wildman–Crippen MR) is 120 cm³/mol. The molecule has 0 bridgehead atoms. The molecule has 0 atom stereocenters. The van der Waals surface area contributed by atoms with Gasteiger partial charge >= 0.3 is 0 Å². The van der Waals surface area contributed by atoms with E-state index in [1.807, 2.05) is 0 Å². The van der Waals surface area contributed by atoms with E-state index in [1.165, 1.54) is 12.3 Å². The molecule has 0 radical (unpaired) electrons. The first-order valence-electron chi connectivity index (χ1n) is 9.99. The van der Waals surface area contributed by atoms with E-state index in [0.29, 0.717) is 35.0 Å². The van der Waals surface area contributed by atoms with Crippen LogP contribution < -0.4 is 4.74 Å². The van der Waals surface area contributed by atoms with Crippen LogP contribution in [0, 0.1) is 11.6 Å². The van der Waals surface area contributed by atoms with Gasteiger partial charge in [-0.25, -0.2) is 13.8 Å². The molecule has 1 N–H and O–H groups in total. The second-order valence-corrected chi connectivity index (χ2v) is 14.5. The standard InChI is InChI=1S/C22H30BrF2NO3Si/c1-22(2,3)30(4,5)28-9-7-6-8-16-11-17(24)12-19(25)20(16)29-21-18(23)10-15(14-27)13-26-21/h10-13,27H,6-9,14H2,1-5H3. The fraction of sp³-hybridized carbons (Fsp3) is 0.500. The summed E-state index contributed by atoms with van der Waals surface area (Å²) >= 11 is 3.31. The summed E-state index contributed by atoms with van der Waals surface area (Å²) in [6, 6.07) is 3.74. The van der Waals surface area contributed by atoms with Crippen molar-refractivity contribution in [3.63, 3.8) is 0 Å². The van der Waals surface area contributed by atoms with Crippen LogP contribution in [0.25, 0.3) is 0 Å². The summed E-state index contributed by atoms with van der Waals surface area (Å²) in [6.45, 7) is 11.4. The van der Waals surface area contributed by atoms with E-state index < -0.39 is 20.0 Å². The van der Waals surface area contributed by atoms with Gasteiger partial charge in [0.05, 0.1) is 11.1 Å². The summed E-state index contributed by atoms with van der Waals surface area (Å²) < 4.78 is 40.6. The second-order valence-electron chi connectivity index (χ2n) is 8.83. The molecule has 0 saturated heterocycles. The summed E-state index contributed by atoms with van der Waals surface area (Å²) in [5.74, 6) is -1.30. The van der Waals surface area contributed by atoms with Crippen molar-refractivity contribution in [2.24, 2.45) is 0 Å². The van der Waals surface area contributed by atoms with E-state index in [-0.39, 0.29) is 23.3 Å². The third-order valence-corrected chi connectivity index (χ3v) is 10.5. The number of pyridine rings is 1. The Kier molecular flexibility index (Phi) is 8.56. The molecule has 0 amide bonds. The first kappa shape index (κ1) is 24.9. The van der Waals surface area contributed by atoms with E-state index >= 15 is 0 Å². The number of ether oxygens (including phenoxy) is 1. The van der Waals surface area contributed by atoms with Crippen LogP contribution in [0.5, 0.6) is 11.6 Å². The average Bonchev–Trinajstić information content (AvgIpc) is 2.64. The number of hydrogen-bond donors (Lipinski definition) is 1. The molecule has 0 aliphatic carbocycles. The minimum atomic E-state index is -1.80. The first-order chi connectivity index (χ1) is 13.9. The Balaban J connectivity index is 2.06. The maximum atomic E-state index is 14.5. The van der Waals surface area contributed by atoms with Crippen molar-refractivity contribution < 1.29 is 23.1 Å². The van der Waals surface area contributed by atoms with E-state index in [4.69, 9.17) is 9.16 Å². The second kappa shape index (κ2) is 10.3. The van der Waals surface area contributed by atoms with Gasteiger partial charge in [-0.3, -0.25) is 0 Å². The number of aromatic nitrogens is 1. The lowest BCUT2D eigenvalue weighted by Crippen LogP contribution is -2.40. The Hall–Kier alpha value is -1.35. The Morgan fingerprint density at radius 3 is 2.43 bits per heavy atom. The lowest BCUT2D eigenvalue weighted by Gasteiger charge is -2.36. The van der Waals surface area contributed by atoms with E-state index in [0.717, 1.165) is 12.5 Å². The summed E-state index contributed by atoms with van der Waals surface area (Å²) in [6.07, 6.45) is 3.40. The van der Waals surface area contributed by atoms with E-state index in [2.05, 4.69) is 54.8 Å². The number of aliphatic hydroxyl groups is 1. The van der Waals surface area contributed by atoms with Crippen molar-refractivity contribution in [3.8, 4) is 11.6 Å². The summed E-state index contributed by atoms with van der Waals surface area (Å²) in [5, 5.41) is 9.33. The molecule has 2 aromatic rings. The number of halogens is 3. The molecule has 0 aliphatic heterocycles. The van der Waals surface area contributed by atoms with Gasteiger partial charge in [-0.05, 0) is 71.0 Å². The average molecular weight is 502 g/mol. The fourth-order valence-corrected chi connectivity index (χ4v) is 4.16. The Morgan fingerprint density at radius 2 is 1.83 bits per heavy atom. The molecule has 1 aromatic carbocycles. The molecule has 0 aliphatic rings. The summed E-state index contributed by atoms with van der Waals surface area (Å²) in [4.78, 5) is 4.10. The molecule has 0 fully saturated rings. The molecule has 30 heavy (non-hydrogen) atoms. The van der Waals surface area contributed by atoms with Crippen LogP contribution in [-0.2, 0) is 17.5 Å². The Morgan fingerprint density at radius 1 is 1.13 bits per heavy atom. The van der Waals surface area contributed by atoms with Gasteiger partial charge in [0.2, 0.25) is 5.88 Å². The zero-order chi connectivity index (χ0) is 22.5. The monoisotopic (exact) mass is 501 g/mol. The Labute approximate surface area is 186 Å². The molecule has 1 aromatic heterocycles. The maximum Gasteiger partial charge on any atom is 0.233 e. The van der Waals surface area contributed by atoms with Crippen molar-refractivity contribution >= 4 is 24.2 Å². The van der Waals surface area contributed by atoms with Crippen molar-refractivity contribution in [1.82, 2.24) is 4.98 Å². The van der Waals surface area contributed by atoms with E-state index in [1.54, 1.807) is 6.07 Å². The molecule has 2 rings (SSSR count). The highest BCUT2D eigenvalue weighted by Gasteiger charge is 2.36. The van der Waals surface area contributed by atoms with Crippen molar-refractivity contribution in [3.05, 3.63) is 51.6 Å². The van der Waals surface area contributed by atoms with Crippen LogP contribution in [0.4, 0.5) is 8.78 Å². The number of aryl methyl sites for hydroxylation is 1. The normalized spacial score (nSPS) is 12.3. The molecule has 166 valence electrons. The van der Waals surface area contributed by atoms with Crippen molar-refractivity contribution in [2.45, 2.75) is 64.8 Å². The van der Waals surface area contributed by atoms with Gasteiger partial charge in [0, 0.05) is 24.4 Å². The Bertz CT molecular complexity index is 872. The summed E-state index contributed by atoms with van der Waals surface area (Å²) in [5.41, 5.74) is 1.04. The van der Waals surface area contributed by atoms with Crippen LogP contribution in [0.15, 0.2) is 28.9 Å². The molecule has 0 spiro atoms. The van der Waals surface area contributed by atoms with Gasteiger partial charge in [0.25, 0.3) is 0 Å². The van der Waals surface area contributed by atoms with Crippen molar-refractivity contribution in [1.29, 1.82) is 0 Å². The molecule has 0 saturated carbocycles. The van der Waals surface area contributed by atoms with Crippen LogP contribution in [-0.4, -0.2) is 25.0 Å². The highest BCUT2D eigenvalue weighted by molar-refractivity contribution is 9.10. The molecule has 0 unspecified atom stereocenters. The third-order valence-electron chi connectivity index (χ3n) is 5.44.